The van der Waals surface area contributed by atoms with Crippen LogP contribution in [0.3, 0.4) is 0 Å². The first-order valence-corrected chi connectivity index (χ1v) is 8.16. The Balaban J connectivity index is 0.000000924. The highest BCUT2D eigenvalue weighted by molar-refractivity contribution is 5.75. The summed E-state index contributed by atoms with van der Waals surface area (Å²) >= 11 is 0. The Kier molecular flexibility index (Phi) is 5.16. The summed E-state index contributed by atoms with van der Waals surface area (Å²) in [4.78, 5) is 4.56. The fourth-order valence-corrected chi connectivity index (χ4v) is 3.10. The van der Waals surface area contributed by atoms with Crippen LogP contribution in [0.15, 0.2) is 24.4 Å². The van der Waals surface area contributed by atoms with E-state index in [1.807, 2.05) is 10.7 Å². The number of quaternary nitrogens is 1. The van der Waals surface area contributed by atoms with Gasteiger partial charge >= 0.3 is 0 Å². The summed E-state index contributed by atoms with van der Waals surface area (Å²) in [5.41, 5.74) is 6.88. The van der Waals surface area contributed by atoms with Crippen LogP contribution in [0.25, 0.3) is 5.52 Å². The summed E-state index contributed by atoms with van der Waals surface area (Å²) in [7, 11) is 12.5. The highest BCUT2D eigenvalue weighted by atomic mass is 15.4. The molecule has 3 heterocycles. The van der Waals surface area contributed by atoms with E-state index in [1.54, 1.807) is 0 Å². The van der Waals surface area contributed by atoms with E-state index in [4.69, 9.17) is 5.10 Å². The van der Waals surface area contributed by atoms with Crippen molar-refractivity contribution in [2.75, 3.05) is 65.2 Å². The van der Waals surface area contributed by atoms with Crippen molar-refractivity contribution in [3.8, 4) is 0 Å². The van der Waals surface area contributed by atoms with Gasteiger partial charge < -0.3 is 20.0 Å². The minimum atomic E-state index is 0.683. The van der Waals surface area contributed by atoms with Crippen molar-refractivity contribution < 1.29 is 4.48 Å². The van der Waals surface area contributed by atoms with Crippen molar-refractivity contribution in [1.29, 1.82) is 0 Å². The highest BCUT2D eigenvalue weighted by Gasteiger charge is 2.33. The molecular formula is C17H31N6+. The molecule has 6 nitrogen and oxygen atoms in total. The maximum absolute atomic E-state index is 4.76. The number of likely N-dealkylation sites (N-methyl/N-ethyl adjacent to an activating group) is 1. The first kappa shape index (κ1) is 17.6. The molecule has 0 saturated carbocycles. The van der Waals surface area contributed by atoms with Gasteiger partial charge in [0.15, 0.2) is 5.82 Å². The first-order chi connectivity index (χ1) is 10.9. The van der Waals surface area contributed by atoms with Crippen molar-refractivity contribution in [3.63, 3.8) is 0 Å². The van der Waals surface area contributed by atoms with E-state index < -0.39 is 0 Å². The normalized spacial score (nSPS) is 18.0. The summed E-state index contributed by atoms with van der Waals surface area (Å²) in [6.07, 6.45) is 3.26. The number of nitrogens with two attached hydrogens (primary N) is 1. The van der Waals surface area contributed by atoms with Gasteiger partial charge in [-0.25, -0.2) is 4.52 Å². The summed E-state index contributed by atoms with van der Waals surface area (Å²) in [5.74, 6) is 1.10. The molecule has 1 unspecified atom stereocenters. The minimum absolute atomic E-state index is 0.683. The molecule has 23 heavy (non-hydrogen) atoms. The second kappa shape index (κ2) is 6.76. The lowest BCUT2D eigenvalue weighted by molar-refractivity contribution is -0.893. The van der Waals surface area contributed by atoms with Crippen LogP contribution in [0.2, 0.25) is 0 Å². The van der Waals surface area contributed by atoms with Gasteiger partial charge in [-0.3, -0.25) is 0 Å². The number of hydrogen-bond acceptors (Lipinski definition) is 4. The smallest absolute Gasteiger partial charge is 0.151 e. The van der Waals surface area contributed by atoms with Crippen molar-refractivity contribution in [2.45, 2.75) is 12.5 Å². The zero-order valence-electron chi connectivity index (χ0n) is 15.3. The standard InChI is InChI=1S/C16H26N5.CH5N/c1-18(2)14-7-6-9-20-15(14)11-16(17-20)19-10-8-13(12-19)21(3,4)5;1-2/h6-7,9,11,13H,8,10,12H2,1-5H3;2H2,1H3/q+1;. The van der Waals surface area contributed by atoms with Gasteiger partial charge in [-0.05, 0) is 19.2 Å². The number of rotatable bonds is 3. The van der Waals surface area contributed by atoms with E-state index in [1.165, 1.54) is 24.7 Å². The first-order valence-electron chi connectivity index (χ1n) is 8.16. The predicted octanol–water partition coefficient (Wildman–Crippen LogP) is 1.26. The Morgan fingerprint density at radius 2 is 1.96 bits per heavy atom. The molecule has 0 bridgehead atoms. The third-order valence-electron chi connectivity index (χ3n) is 4.53. The average Bonchev–Trinajstić information content (AvgIpc) is 3.14. The maximum atomic E-state index is 4.76. The molecule has 6 heteroatoms. The molecule has 1 fully saturated rings. The molecule has 1 aliphatic heterocycles. The molecule has 0 radical (unpaired) electrons. The number of fused-ring (bicyclic) bond motifs is 1. The summed E-state index contributed by atoms with van der Waals surface area (Å²) in [5, 5.41) is 4.76. The minimum Gasteiger partial charge on any atom is -0.376 e. The van der Waals surface area contributed by atoms with Crippen molar-refractivity contribution in [3.05, 3.63) is 24.4 Å². The number of anilines is 2. The van der Waals surface area contributed by atoms with Crippen molar-refractivity contribution in [1.82, 2.24) is 9.61 Å². The molecule has 0 amide bonds. The Bertz CT molecular complexity index is 640. The number of pyridine rings is 1. The van der Waals surface area contributed by atoms with Crippen LogP contribution in [-0.2, 0) is 0 Å². The monoisotopic (exact) mass is 319 g/mol. The molecule has 3 rings (SSSR count). The molecule has 1 atom stereocenters. The van der Waals surface area contributed by atoms with Gasteiger partial charge in [0.1, 0.15) is 6.04 Å². The Hall–Kier alpha value is -1.79. The third kappa shape index (κ3) is 3.59. The molecule has 2 aromatic heterocycles. The fourth-order valence-electron chi connectivity index (χ4n) is 3.10. The summed E-state index contributed by atoms with van der Waals surface area (Å²) < 4.78 is 3.01. The zero-order valence-corrected chi connectivity index (χ0v) is 15.3. The summed E-state index contributed by atoms with van der Waals surface area (Å²) in [6.45, 7) is 2.19. The number of hydrogen-bond donors (Lipinski definition) is 1. The SMILES string of the molecule is CN.CN(C)c1cccn2nc(N3CCC([N+](C)(C)C)C3)cc12. The molecule has 128 valence electrons. The van der Waals surface area contributed by atoms with Gasteiger partial charge in [0.25, 0.3) is 0 Å². The molecular weight excluding hydrogens is 288 g/mol. The maximum Gasteiger partial charge on any atom is 0.151 e. The van der Waals surface area contributed by atoms with Crippen LogP contribution in [0, 0.1) is 0 Å². The van der Waals surface area contributed by atoms with E-state index in [2.05, 4.69) is 69.0 Å². The van der Waals surface area contributed by atoms with E-state index >= 15 is 0 Å². The fraction of sp³-hybridized carbons (Fsp3) is 0.588. The molecule has 0 spiro atoms. The van der Waals surface area contributed by atoms with Crippen LogP contribution in [0.1, 0.15) is 6.42 Å². The van der Waals surface area contributed by atoms with Crippen LogP contribution in [0.4, 0.5) is 11.5 Å². The number of nitrogens with zero attached hydrogens (tertiary/aromatic N) is 5. The van der Waals surface area contributed by atoms with E-state index in [0.717, 1.165) is 23.4 Å². The van der Waals surface area contributed by atoms with Crippen LogP contribution < -0.4 is 15.5 Å². The average molecular weight is 319 g/mol. The lowest BCUT2D eigenvalue weighted by Crippen LogP contribution is -2.46. The number of aromatic nitrogens is 2. The second-order valence-electron chi connectivity index (χ2n) is 7.12. The van der Waals surface area contributed by atoms with Crippen molar-refractivity contribution >= 4 is 17.0 Å². The predicted molar refractivity (Wildman–Crippen MR) is 98.3 cm³/mol. The molecule has 1 aliphatic rings. The quantitative estimate of drug-likeness (QED) is 0.866. The Morgan fingerprint density at radius 1 is 1.26 bits per heavy atom. The lowest BCUT2D eigenvalue weighted by Gasteiger charge is -2.31. The molecule has 0 aliphatic carbocycles. The molecule has 0 aromatic carbocycles. The van der Waals surface area contributed by atoms with Gasteiger partial charge in [0.2, 0.25) is 0 Å². The highest BCUT2D eigenvalue weighted by Crippen LogP contribution is 2.27. The molecule has 1 saturated heterocycles. The molecule has 2 N–H and O–H groups in total. The Labute approximate surface area is 139 Å². The molecule has 2 aromatic rings. The third-order valence-corrected chi connectivity index (χ3v) is 4.53. The van der Waals surface area contributed by atoms with Gasteiger partial charge in [-0.1, -0.05) is 0 Å². The van der Waals surface area contributed by atoms with E-state index in [9.17, 15) is 0 Å². The van der Waals surface area contributed by atoms with Crippen LogP contribution in [-0.4, -0.2) is 75.5 Å². The van der Waals surface area contributed by atoms with Crippen LogP contribution in [0.5, 0.6) is 0 Å². The largest absolute Gasteiger partial charge is 0.376 e. The zero-order chi connectivity index (χ0) is 17.2. The summed E-state index contributed by atoms with van der Waals surface area (Å²) in [6, 6.07) is 7.09. The van der Waals surface area contributed by atoms with Gasteiger partial charge in [-0.2, -0.15) is 5.10 Å². The van der Waals surface area contributed by atoms with Gasteiger partial charge in [-0.15, -0.1) is 0 Å². The van der Waals surface area contributed by atoms with E-state index in [0.29, 0.717) is 6.04 Å². The topological polar surface area (TPSA) is 49.8 Å². The van der Waals surface area contributed by atoms with E-state index in [-0.39, 0.29) is 0 Å². The van der Waals surface area contributed by atoms with Crippen molar-refractivity contribution in [2.24, 2.45) is 5.73 Å². The van der Waals surface area contributed by atoms with Gasteiger partial charge in [0.05, 0.1) is 38.9 Å². The Morgan fingerprint density at radius 3 is 2.52 bits per heavy atom. The van der Waals surface area contributed by atoms with Gasteiger partial charge in [0, 0.05) is 39.3 Å². The lowest BCUT2D eigenvalue weighted by atomic mass is 10.2. The second-order valence-corrected chi connectivity index (χ2v) is 7.12. The van der Waals surface area contributed by atoms with Crippen LogP contribution >= 0.6 is 0 Å².